The summed E-state index contributed by atoms with van der Waals surface area (Å²) >= 11 is 1.84. The topological polar surface area (TPSA) is 12.0 Å². The third kappa shape index (κ3) is 4.86. The smallest absolute Gasteiger partial charge is 0.0243 e. The molecule has 0 heterocycles. The molecule has 0 aliphatic carbocycles. The van der Waals surface area contributed by atoms with E-state index in [2.05, 4.69) is 50.0 Å². The lowest BCUT2D eigenvalue weighted by Gasteiger charge is -2.07. The fourth-order valence-corrected chi connectivity index (χ4v) is 2.18. The van der Waals surface area contributed by atoms with E-state index in [1.54, 1.807) is 0 Å². The summed E-state index contributed by atoms with van der Waals surface area (Å²) in [5, 5.41) is 3.88. The molecular weight excluding hydrogens is 214 g/mol. The Bertz CT molecular complexity index is 305. The lowest BCUT2D eigenvalue weighted by molar-refractivity contribution is 0.675. The van der Waals surface area contributed by atoms with Crippen molar-refractivity contribution in [2.45, 2.75) is 37.0 Å². The van der Waals surface area contributed by atoms with Crippen LogP contribution in [0, 0.1) is 0 Å². The largest absolute Gasteiger partial charge is 0.313 e. The van der Waals surface area contributed by atoms with Gasteiger partial charge in [0.1, 0.15) is 0 Å². The predicted octanol–water partition coefficient (Wildman–Crippen LogP) is 3.85. The third-order valence-corrected chi connectivity index (χ3v) is 3.44. The lowest BCUT2D eigenvalue weighted by Crippen LogP contribution is -2.13. The van der Waals surface area contributed by atoms with Gasteiger partial charge in [-0.25, -0.2) is 0 Å². The Labute approximate surface area is 103 Å². The second-order valence-corrected chi connectivity index (χ2v) is 5.33. The van der Waals surface area contributed by atoms with Gasteiger partial charge in [0.2, 0.25) is 0 Å². The van der Waals surface area contributed by atoms with Gasteiger partial charge in [-0.15, -0.1) is 18.3 Å². The average molecular weight is 235 g/mol. The molecule has 0 aliphatic rings. The SMILES string of the molecule is C=CC(C)Sc1ccc(CNCCC)cc1. The second-order valence-electron chi connectivity index (χ2n) is 3.88. The molecule has 1 rings (SSSR count). The van der Waals surface area contributed by atoms with Gasteiger partial charge in [-0.1, -0.05) is 25.1 Å². The van der Waals surface area contributed by atoms with Crippen molar-refractivity contribution in [2.75, 3.05) is 6.54 Å². The van der Waals surface area contributed by atoms with Gasteiger partial charge in [0, 0.05) is 16.7 Å². The van der Waals surface area contributed by atoms with Crippen LogP contribution in [0.1, 0.15) is 25.8 Å². The van der Waals surface area contributed by atoms with Crippen LogP contribution >= 0.6 is 11.8 Å². The van der Waals surface area contributed by atoms with E-state index in [4.69, 9.17) is 0 Å². The number of nitrogens with one attached hydrogen (secondary N) is 1. The monoisotopic (exact) mass is 235 g/mol. The molecule has 0 spiro atoms. The van der Waals surface area contributed by atoms with Gasteiger partial charge < -0.3 is 5.32 Å². The fraction of sp³-hybridized carbons (Fsp3) is 0.429. The molecule has 0 aliphatic heterocycles. The molecule has 88 valence electrons. The summed E-state index contributed by atoms with van der Waals surface area (Å²) in [6.07, 6.45) is 3.16. The van der Waals surface area contributed by atoms with Crippen LogP contribution in [0.5, 0.6) is 0 Å². The summed E-state index contributed by atoms with van der Waals surface area (Å²) < 4.78 is 0. The molecule has 1 N–H and O–H groups in total. The van der Waals surface area contributed by atoms with Crippen molar-refractivity contribution >= 4 is 11.8 Å². The Morgan fingerprint density at radius 2 is 2.06 bits per heavy atom. The number of benzene rings is 1. The highest BCUT2D eigenvalue weighted by Crippen LogP contribution is 2.23. The van der Waals surface area contributed by atoms with Crippen molar-refractivity contribution in [2.24, 2.45) is 0 Å². The molecule has 1 aromatic carbocycles. The van der Waals surface area contributed by atoms with E-state index >= 15 is 0 Å². The van der Waals surface area contributed by atoms with E-state index < -0.39 is 0 Å². The second kappa shape index (κ2) is 7.53. The number of thioether (sulfide) groups is 1. The Hall–Kier alpha value is -0.730. The molecule has 1 unspecified atom stereocenters. The fourth-order valence-electron chi connectivity index (χ4n) is 1.36. The van der Waals surface area contributed by atoms with E-state index in [-0.39, 0.29) is 0 Å². The van der Waals surface area contributed by atoms with Crippen molar-refractivity contribution in [3.8, 4) is 0 Å². The Kier molecular flexibility index (Phi) is 6.27. The van der Waals surface area contributed by atoms with Gasteiger partial charge in [0.15, 0.2) is 0 Å². The molecule has 16 heavy (non-hydrogen) atoms. The predicted molar refractivity (Wildman–Crippen MR) is 74.0 cm³/mol. The van der Waals surface area contributed by atoms with Crippen LogP contribution in [-0.2, 0) is 6.54 Å². The number of rotatable bonds is 7. The highest BCUT2D eigenvalue weighted by molar-refractivity contribution is 8.00. The van der Waals surface area contributed by atoms with E-state index in [1.165, 1.54) is 16.9 Å². The summed E-state index contributed by atoms with van der Waals surface area (Å²) in [6.45, 7) is 10.2. The molecule has 1 atom stereocenters. The molecule has 1 aromatic rings. The van der Waals surface area contributed by atoms with Crippen molar-refractivity contribution in [3.05, 3.63) is 42.5 Å². The Morgan fingerprint density at radius 1 is 1.38 bits per heavy atom. The first-order chi connectivity index (χ1) is 7.76. The maximum atomic E-state index is 3.79. The zero-order valence-corrected chi connectivity index (χ0v) is 11.0. The van der Waals surface area contributed by atoms with Gasteiger partial charge in [0.25, 0.3) is 0 Å². The summed E-state index contributed by atoms with van der Waals surface area (Å²) in [5.74, 6) is 0. The van der Waals surface area contributed by atoms with Crippen LogP contribution in [0.25, 0.3) is 0 Å². The minimum Gasteiger partial charge on any atom is -0.313 e. The van der Waals surface area contributed by atoms with E-state index in [1.807, 2.05) is 17.8 Å². The van der Waals surface area contributed by atoms with Crippen LogP contribution in [0.15, 0.2) is 41.8 Å². The summed E-state index contributed by atoms with van der Waals surface area (Å²) in [6, 6.07) is 8.77. The minimum absolute atomic E-state index is 0.476. The van der Waals surface area contributed by atoms with E-state index in [0.29, 0.717) is 5.25 Å². The summed E-state index contributed by atoms with van der Waals surface area (Å²) in [5.41, 5.74) is 1.35. The molecule has 0 radical (unpaired) electrons. The van der Waals surface area contributed by atoms with Gasteiger partial charge in [0.05, 0.1) is 0 Å². The molecule has 0 saturated heterocycles. The van der Waals surface area contributed by atoms with Crippen LogP contribution < -0.4 is 5.32 Å². The summed E-state index contributed by atoms with van der Waals surface area (Å²) in [4.78, 5) is 1.31. The molecule has 0 bridgehead atoms. The van der Waals surface area contributed by atoms with Crippen molar-refractivity contribution in [3.63, 3.8) is 0 Å². The maximum absolute atomic E-state index is 3.79. The number of hydrogen-bond donors (Lipinski definition) is 1. The number of hydrogen-bond acceptors (Lipinski definition) is 2. The van der Waals surface area contributed by atoms with Gasteiger partial charge >= 0.3 is 0 Å². The molecular formula is C14H21NS. The van der Waals surface area contributed by atoms with E-state index in [0.717, 1.165) is 13.1 Å². The van der Waals surface area contributed by atoms with E-state index in [9.17, 15) is 0 Å². The molecule has 0 fully saturated rings. The first kappa shape index (κ1) is 13.3. The average Bonchev–Trinajstić information content (AvgIpc) is 2.31. The maximum Gasteiger partial charge on any atom is 0.0243 e. The molecule has 2 heteroatoms. The van der Waals surface area contributed by atoms with Crippen molar-refractivity contribution in [1.29, 1.82) is 0 Å². The highest BCUT2D eigenvalue weighted by Gasteiger charge is 1.99. The molecule has 0 saturated carbocycles. The van der Waals surface area contributed by atoms with Crippen LogP contribution in [-0.4, -0.2) is 11.8 Å². The van der Waals surface area contributed by atoms with Gasteiger partial charge in [-0.2, -0.15) is 0 Å². The molecule has 1 nitrogen and oxygen atoms in total. The van der Waals surface area contributed by atoms with Crippen LogP contribution in [0.3, 0.4) is 0 Å². The summed E-state index contributed by atoms with van der Waals surface area (Å²) in [7, 11) is 0. The molecule has 0 amide bonds. The minimum atomic E-state index is 0.476. The van der Waals surface area contributed by atoms with Crippen LogP contribution in [0.4, 0.5) is 0 Å². The van der Waals surface area contributed by atoms with Gasteiger partial charge in [-0.3, -0.25) is 0 Å². The Balaban J connectivity index is 2.44. The van der Waals surface area contributed by atoms with Crippen molar-refractivity contribution in [1.82, 2.24) is 5.32 Å². The highest BCUT2D eigenvalue weighted by atomic mass is 32.2. The standard InChI is InChI=1S/C14H21NS/c1-4-10-15-11-13-6-8-14(9-7-13)16-12(3)5-2/h5-9,12,15H,2,4,10-11H2,1,3H3. The normalized spacial score (nSPS) is 12.4. The first-order valence-corrected chi connectivity index (χ1v) is 6.73. The molecule has 0 aromatic heterocycles. The quantitative estimate of drug-likeness (QED) is 0.437. The third-order valence-electron chi connectivity index (χ3n) is 2.33. The van der Waals surface area contributed by atoms with Gasteiger partial charge in [-0.05, 0) is 37.6 Å². The lowest BCUT2D eigenvalue weighted by atomic mass is 10.2. The Morgan fingerprint density at radius 3 is 2.62 bits per heavy atom. The zero-order valence-electron chi connectivity index (χ0n) is 10.2. The first-order valence-electron chi connectivity index (χ1n) is 5.85. The van der Waals surface area contributed by atoms with Crippen LogP contribution in [0.2, 0.25) is 0 Å². The zero-order chi connectivity index (χ0) is 11.8. The van der Waals surface area contributed by atoms with Crippen molar-refractivity contribution < 1.29 is 0 Å².